The first-order valence-corrected chi connectivity index (χ1v) is 9.78. The van der Waals surface area contributed by atoms with E-state index in [0.29, 0.717) is 17.1 Å². The van der Waals surface area contributed by atoms with E-state index in [1.807, 2.05) is 36.4 Å². The molecule has 0 bridgehead atoms. The smallest absolute Gasteiger partial charge is 0.269 e. The molecule has 4 rings (SSSR count). The third-order valence-corrected chi connectivity index (χ3v) is 5.35. The molecule has 0 aliphatic carbocycles. The third-order valence-electron chi connectivity index (χ3n) is 5.10. The van der Waals surface area contributed by atoms with Crippen molar-refractivity contribution in [1.82, 2.24) is 0 Å². The number of anilines is 1. The predicted molar refractivity (Wildman–Crippen MR) is 118 cm³/mol. The fourth-order valence-electron chi connectivity index (χ4n) is 3.69. The van der Waals surface area contributed by atoms with Gasteiger partial charge in [0.1, 0.15) is 0 Å². The summed E-state index contributed by atoms with van der Waals surface area (Å²) in [5.74, 6) is -0.0949. The molecular weight excluding hydrogens is 402 g/mol. The summed E-state index contributed by atoms with van der Waals surface area (Å²) in [4.78, 5) is 29.9. The van der Waals surface area contributed by atoms with Crippen molar-refractivity contribution in [3.63, 3.8) is 0 Å². The Bertz CT molecular complexity index is 1140. The van der Waals surface area contributed by atoms with Crippen LogP contribution in [0.4, 0.5) is 17.1 Å². The van der Waals surface area contributed by atoms with E-state index < -0.39 is 4.92 Å². The minimum atomic E-state index is -0.429. The minimum Gasteiger partial charge on any atom is -0.303 e. The average molecular weight is 420 g/mol. The molecule has 3 aromatic rings. The van der Waals surface area contributed by atoms with Crippen LogP contribution in [0.15, 0.2) is 77.8 Å². The SMILES string of the molecule is CC(=O)N1c2ccccc2N=C(c2ccc([N+](=O)[O-])cc2)C[C@H]1c1ccc(Cl)cc1. The first kappa shape index (κ1) is 19.8. The quantitative estimate of drug-likeness (QED) is 0.393. The summed E-state index contributed by atoms with van der Waals surface area (Å²) in [5, 5.41) is 11.6. The minimum absolute atomic E-state index is 0.0213. The number of carbonyl (C=O) groups excluding carboxylic acids is 1. The number of benzene rings is 3. The number of carbonyl (C=O) groups is 1. The molecular formula is C23H18ClN3O3. The second-order valence-electron chi connectivity index (χ2n) is 7.01. The molecule has 0 saturated carbocycles. The molecule has 0 fully saturated rings. The Hall–Kier alpha value is -3.51. The summed E-state index contributed by atoms with van der Waals surface area (Å²) in [7, 11) is 0. The molecule has 0 unspecified atom stereocenters. The van der Waals surface area contributed by atoms with Crippen LogP contribution < -0.4 is 4.90 Å². The summed E-state index contributed by atoms with van der Waals surface area (Å²) >= 11 is 6.07. The Balaban J connectivity index is 1.86. The van der Waals surface area contributed by atoms with Crippen molar-refractivity contribution in [2.45, 2.75) is 19.4 Å². The highest BCUT2D eigenvalue weighted by Gasteiger charge is 2.30. The normalized spacial score (nSPS) is 15.7. The highest BCUT2D eigenvalue weighted by Crippen LogP contribution is 2.40. The van der Waals surface area contributed by atoms with Crippen molar-refractivity contribution in [3.05, 3.63) is 99.1 Å². The first-order chi connectivity index (χ1) is 14.4. The van der Waals surface area contributed by atoms with E-state index in [2.05, 4.69) is 0 Å². The molecule has 1 amide bonds. The fraction of sp³-hybridized carbons (Fsp3) is 0.130. The maximum absolute atomic E-state index is 12.7. The molecule has 3 aromatic carbocycles. The van der Waals surface area contributed by atoms with Crippen LogP contribution in [0.1, 0.15) is 30.5 Å². The van der Waals surface area contributed by atoms with E-state index in [0.717, 1.165) is 22.5 Å². The maximum Gasteiger partial charge on any atom is 0.269 e. The predicted octanol–water partition coefficient (Wildman–Crippen LogP) is 5.87. The van der Waals surface area contributed by atoms with Gasteiger partial charge in [-0.15, -0.1) is 0 Å². The fourth-order valence-corrected chi connectivity index (χ4v) is 3.82. The summed E-state index contributed by atoms with van der Waals surface area (Å²) < 4.78 is 0. The molecule has 1 heterocycles. The van der Waals surface area contributed by atoms with Crippen molar-refractivity contribution < 1.29 is 9.72 Å². The highest BCUT2D eigenvalue weighted by molar-refractivity contribution is 6.30. The van der Waals surface area contributed by atoms with Gasteiger partial charge in [-0.3, -0.25) is 19.9 Å². The van der Waals surface area contributed by atoms with Gasteiger partial charge < -0.3 is 4.90 Å². The van der Waals surface area contributed by atoms with Gasteiger partial charge in [0.2, 0.25) is 5.91 Å². The summed E-state index contributed by atoms with van der Waals surface area (Å²) in [5.41, 5.74) is 3.88. The van der Waals surface area contributed by atoms with Crippen LogP contribution in [-0.4, -0.2) is 16.5 Å². The largest absolute Gasteiger partial charge is 0.303 e. The van der Waals surface area contributed by atoms with E-state index in [9.17, 15) is 14.9 Å². The monoisotopic (exact) mass is 419 g/mol. The molecule has 0 radical (unpaired) electrons. The number of para-hydroxylation sites is 2. The van der Waals surface area contributed by atoms with Gasteiger partial charge in [0.15, 0.2) is 0 Å². The first-order valence-electron chi connectivity index (χ1n) is 9.41. The number of fused-ring (bicyclic) bond motifs is 1. The van der Waals surface area contributed by atoms with Crippen LogP contribution in [0.25, 0.3) is 0 Å². The van der Waals surface area contributed by atoms with Gasteiger partial charge in [-0.25, -0.2) is 0 Å². The van der Waals surface area contributed by atoms with Crippen molar-refractivity contribution in [3.8, 4) is 0 Å². The molecule has 6 nitrogen and oxygen atoms in total. The van der Waals surface area contributed by atoms with Gasteiger partial charge in [-0.2, -0.15) is 0 Å². The van der Waals surface area contributed by atoms with Crippen LogP contribution in [0.5, 0.6) is 0 Å². The Kier molecular flexibility index (Phi) is 5.33. The zero-order valence-electron chi connectivity index (χ0n) is 16.2. The van der Waals surface area contributed by atoms with Crippen molar-refractivity contribution >= 4 is 40.3 Å². The number of nitro groups is 1. The van der Waals surface area contributed by atoms with E-state index in [1.165, 1.54) is 19.1 Å². The summed E-state index contributed by atoms with van der Waals surface area (Å²) in [6.07, 6.45) is 0.452. The molecule has 1 aliphatic rings. The topological polar surface area (TPSA) is 75.8 Å². The molecule has 1 atom stereocenters. The summed E-state index contributed by atoms with van der Waals surface area (Å²) in [6.45, 7) is 1.54. The lowest BCUT2D eigenvalue weighted by Gasteiger charge is -2.30. The standard InChI is InChI=1S/C23H18ClN3O3/c1-15(28)26-22-5-3-2-4-20(22)25-21(16-8-12-19(13-9-16)27(29)30)14-23(26)17-6-10-18(24)11-7-17/h2-13,23H,14H2,1H3/t23-/m0/s1. The Morgan fingerprint density at radius 2 is 1.73 bits per heavy atom. The molecule has 150 valence electrons. The van der Waals surface area contributed by atoms with Gasteiger partial charge in [0, 0.05) is 30.5 Å². The van der Waals surface area contributed by atoms with Gasteiger partial charge in [0.25, 0.3) is 5.69 Å². The Morgan fingerprint density at radius 1 is 1.07 bits per heavy atom. The Labute approximate surface area is 178 Å². The molecule has 7 heteroatoms. The van der Waals surface area contributed by atoms with Crippen LogP contribution in [0.3, 0.4) is 0 Å². The zero-order valence-corrected chi connectivity index (χ0v) is 16.9. The van der Waals surface area contributed by atoms with Gasteiger partial charge >= 0.3 is 0 Å². The number of hydrogen-bond donors (Lipinski definition) is 0. The van der Waals surface area contributed by atoms with E-state index in [1.54, 1.807) is 29.2 Å². The van der Waals surface area contributed by atoms with Crippen molar-refractivity contribution in [2.75, 3.05) is 4.90 Å². The number of rotatable bonds is 3. The molecule has 0 saturated heterocycles. The van der Waals surface area contributed by atoms with Gasteiger partial charge in [-0.05, 0) is 47.5 Å². The highest BCUT2D eigenvalue weighted by atomic mass is 35.5. The molecule has 30 heavy (non-hydrogen) atoms. The molecule has 0 N–H and O–H groups in total. The number of nitrogens with zero attached hydrogens (tertiary/aromatic N) is 3. The number of halogens is 1. The number of non-ortho nitro benzene ring substituents is 1. The maximum atomic E-state index is 12.7. The second kappa shape index (κ2) is 8.08. The van der Waals surface area contributed by atoms with Gasteiger partial charge in [0.05, 0.1) is 28.1 Å². The molecule has 0 spiro atoms. The van der Waals surface area contributed by atoms with Crippen molar-refractivity contribution in [2.24, 2.45) is 4.99 Å². The average Bonchev–Trinajstić information content (AvgIpc) is 2.91. The number of nitro benzene ring substituents is 1. The summed E-state index contributed by atoms with van der Waals surface area (Å²) in [6, 6.07) is 20.9. The number of aliphatic imine (C=N–C) groups is 1. The van der Waals surface area contributed by atoms with Crippen LogP contribution in [-0.2, 0) is 4.79 Å². The van der Waals surface area contributed by atoms with Crippen LogP contribution >= 0.6 is 11.6 Å². The van der Waals surface area contributed by atoms with Crippen LogP contribution in [0, 0.1) is 10.1 Å². The Morgan fingerprint density at radius 3 is 2.37 bits per heavy atom. The van der Waals surface area contributed by atoms with Crippen LogP contribution in [0.2, 0.25) is 5.02 Å². The van der Waals surface area contributed by atoms with E-state index >= 15 is 0 Å². The molecule has 0 aromatic heterocycles. The lowest BCUT2D eigenvalue weighted by atomic mass is 9.95. The zero-order chi connectivity index (χ0) is 21.3. The third kappa shape index (κ3) is 3.82. The lowest BCUT2D eigenvalue weighted by molar-refractivity contribution is -0.384. The van der Waals surface area contributed by atoms with Crippen molar-refractivity contribution in [1.29, 1.82) is 0 Å². The molecule has 1 aliphatic heterocycles. The number of hydrogen-bond acceptors (Lipinski definition) is 4. The van der Waals surface area contributed by atoms with E-state index in [4.69, 9.17) is 16.6 Å². The van der Waals surface area contributed by atoms with E-state index in [-0.39, 0.29) is 17.6 Å². The van der Waals surface area contributed by atoms with Gasteiger partial charge in [-0.1, -0.05) is 35.9 Å². The lowest BCUT2D eigenvalue weighted by Crippen LogP contribution is -2.33. The number of amides is 1. The second-order valence-corrected chi connectivity index (χ2v) is 7.45.